The Balaban J connectivity index is 3.17. The summed E-state index contributed by atoms with van der Waals surface area (Å²) < 4.78 is 38.3. The molecule has 1 aromatic carbocycles. The molecular weight excluding hydrogens is 205 g/mol. The van der Waals surface area contributed by atoms with E-state index in [2.05, 4.69) is 11.8 Å². The first kappa shape index (κ1) is 11.6. The van der Waals surface area contributed by atoms with E-state index in [1.54, 1.807) is 0 Å². The fourth-order valence-corrected chi connectivity index (χ4v) is 0.843. The van der Waals surface area contributed by atoms with Gasteiger partial charge in [-0.3, -0.25) is 0 Å². The molecule has 15 heavy (non-hydrogen) atoms. The molecule has 0 unspecified atom stereocenters. The Labute approximate surface area is 85.5 Å². The Morgan fingerprint density at radius 2 is 1.73 bits per heavy atom. The van der Waals surface area contributed by atoms with Gasteiger partial charge in [-0.25, -0.2) is 13.2 Å². The number of halogens is 3. The molecule has 0 heterocycles. The van der Waals surface area contributed by atoms with Gasteiger partial charge in [0.15, 0.2) is 17.5 Å². The van der Waals surface area contributed by atoms with Crippen LogP contribution in [-0.4, -0.2) is 10.7 Å². The molecule has 0 saturated carbocycles. The molecule has 0 aliphatic rings. The summed E-state index contributed by atoms with van der Waals surface area (Å²) in [6.07, 6.45) is 0. The summed E-state index contributed by atoms with van der Waals surface area (Å²) in [7, 11) is 0. The first-order valence-corrected chi connectivity index (χ1v) is 4.20. The summed E-state index contributed by atoms with van der Waals surface area (Å²) in [4.78, 5) is 0. The van der Waals surface area contributed by atoms with Crippen LogP contribution < -0.4 is 0 Å². The third-order valence-corrected chi connectivity index (χ3v) is 1.54. The maximum atomic E-state index is 13.0. The molecule has 1 rings (SSSR count). The molecule has 1 aromatic rings. The Bertz CT molecular complexity index is 436. The molecule has 0 amide bonds. The molecule has 0 radical (unpaired) electrons. The van der Waals surface area contributed by atoms with Crippen LogP contribution in [-0.2, 0) is 0 Å². The lowest BCUT2D eigenvalue weighted by molar-refractivity contribution is 0.143. The minimum absolute atomic E-state index is 0.281. The van der Waals surface area contributed by atoms with Gasteiger partial charge >= 0.3 is 0 Å². The maximum absolute atomic E-state index is 13.0. The Hall–Kier alpha value is -1.47. The van der Waals surface area contributed by atoms with Gasteiger partial charge in [0.1, 0.15) is 5.60 Å². The molecule has 0 aromatic heterocycles. The van der Waals surface area contributed by atoms with Crippen molar-refractivity contribution in [1.29, 1.82) is 0 Å². The Morgan fingerprint density at radius 3 is 2.27 bits per heavy atom. The highest BCUT2D eigenvalue weighted by Gasteiger charge is 2.12. The standard InChI is InChI=1S/C11H9F3O/c1-11(2,15)6-5-7-3-4-8(12)10(14)9(7)13/h3-4,15H,1-2H3. The summed E-state index contributed by atoms with van der Waals surface area (Å²) in [6, 6.07) is 1.80. The molecule has 4 heteroatoms. The monoisotopic (exact) mass is 214 g/mol. The van der Waals surface area contributed by atoms with Crippen LogP contribution in [0.25, 0.3) is 0 Å². The van der Waals surface area contributed by atoms with Gasteiger partial charge in [-0.1, -0.05) is 11.8 Å². The van der Waals surface area contributed by atoms with Gasteiger partial charge in [-0.2, -0.15) is 0 Å². The van der Waals surface area contributed by atoms with E-state index < -0.39 is 23.1 Å². The molecule has 0 aliphatic carbocycles. The molecule has 0 aliphatic heterocycles. The number of hydrogen-bond donors (Lipinski definition) is 1. The molecule has 0 saturated heterocycles. The maximum Gasteiger partial charge on any atom is 0.195 e. The van der Waals surface area contributed by atoms with Gasteiger partial charge in [-0.15, -0.1) is 0 Å². The number of benzene rings is 1. The highest BCUT2D eigenvalue weighted by Crippen LogP contribution is 2.14. The predicted octanol–water partition coefficient (Wildman–Crippen LogP) is 2.23. The van der Waals surface area contributed by atoms with Crippen LogP contribution >= 0.6 is 0 Å². The summed E-state index contributed by atoms with van der Waals surface area (Å²) >= 11 is 0. The molecule has 0 fully saturated rings. The van der Waals surface area contributed by atoms with Crippen molar-refractivity contribution in [3.8, 4) is 11.8 Å². The van der Waals surface area contributed by atoms with Crippen LogP contribution in [0, 0.1) is 29.3 Å². The van der Waals surface area contributed by atoms with Crippen molar-refractivity contribution in [1.82, 2.24) is 0 Å². The first-order chi connectivity index (χ1) is 6.81. The van der Waals surface area contributed by atoms with Crippen molar-refractivity contribution >= 4 is 0 Å². The number of rotatable bonds is 0. The van der Waals surface area contributed by atoms with E-state index in [1.165, 1.54) is 13.8 Å². The third kappa shape index (κ3) is 3.00. The highest BCUT2D eigenvalue weighted by atomic mass is 19.2. The van der Waals surface area contributed by atoms with E-state index in [-0.39, 0.29) is 5.56 Å². The lowest BCUT2D eigenvalue weighted by atomic mass is 10.1. The molecule has 1 nitrogen and oxygen atoms in total. The normalized spacial score (nSPS) is 10.8. The van der Waals surface area contributed by atoms with Crippen LogP contribution in [0.2, 0.25) is 0 Å². The summed E-state index contributed by atoms with van der Waals surface area (Å²) in [5, 5.41) is 9.23. The van der Waals surface area contributed by atoms with Crippen molar-refractivity contribution in [3.05, 3.63) is 35.1 Å². The Kier molecular flexibility index (Phi) is 3.06. The zero-order valence-corrected chi connectivity index (χ0v) is 8.24. The molecule has 80 valence electrons. The minimum atomic E-state index is -1.56. The lowest BCUT2D eigenvalue weighted by Crippen LogP contribution is -2.14. The summed E-state index contributed by atoms with van der Waals surface area (Å²) in [6.45, 7) is 2.80. The largest absolute Gasteiger partial charge is 0.378 e. The molecule has 0 spiro atoms. The van der Waals surface area contributed by atoms with E-state index in [9.17, 15) is 18.3 Å². The highest BCUT2D eigenvalue weighted by molar-refractivity contribution is 5.37. The number of hydrogen-bond acceptors (Lipinski definition) is 1. The molecule has 1 N–H and O–H groups in total. The second kappa shape index (κ2) is 3.95. The minimum Gasteiger partial charge on any atom is -0.378 e. The quantitative estimate of drug-likeness (QED) is 0.518. The van der Waals surface area contributed by atoms with Gasteiger partial charge in [0, 0.05) is 0 Å². The van der Waals surface area contributed by atoms with E-state index in [1.807, 2.05) is 0 Å². The van der Waals surface area contributed by atoms with Gasteiger partial charge in [0.25, 0.3) is 0 Å². The van der Waals surface area contributed by atoms with E-state index in [4.69, 9.17) is 0 Å². The van der Waals surface area contributed by atoms with Crippen molar-refractivity contribution in [2.24, 2.45) is 0 Å². The third-order valence-electron chi connectivity index (χ3n) is 1.54. The second-order valence-corrected chi connectivity index (χ2v) is 3.53. The molecule has 0 bridgehead atoms. The van der Waals surface area contributed by atoms with Gasteiger partial charge < -0.3 is 5.11 Å². The summed E-state index contributed by atoms with van der Waals surface area (Å²) in [5.74, 6) is 0.380. The topological polar surface area (TPSA) is 20.2 Å². The zero-order chi connectivity index (χ0) is 11.6. The van der Waals surface area contributed by atoms with E-state index in [0.717, 1.165) is 12.1 Å². The Morgan fingerprint density at radius 1 is 1.13 bits per heavy atom. The van der Waals surface area contributed by atoms with Crippen molar-refractivity contribution in [3.63, 3.8) is 0 Å². The average molecular weight is 214 g/mol. The lowest BCUT2D eigenvalue weighted by Gasteiger charge is -2.06. The van der Waals surface area contributed by atoms with E-state index >= 15 is 0 Å². The molecular formula is C11H9F3O. The molecule has 0 atom stereocenters. The van der Waals surface area contributed by atoms with Crippen molar-refractivity contribution in [2.75, 3.05) is 0 Å². The van der Waals surface area contributed by atoms with Crippen LogP contribution in [0.3, 0.4) is 0 Å². The summed E-state index contributed by atoms with van der Waals surface area (Å²) in [5.41, 5.74) is -1.59. The van der Waals surface area contributed by atoms with Crippen molar-refractivity contribution < 1.29 is 18.3 Å². The van der Waals surface area contributed by atoms with Gasteiger partial charge in [0.2, 0.25) is 0 Å². The van der Waals surface area contributed by atoms with Gasteiger partial charge in [-0.05, 0) is 26.0 Å². The average Bonchev–Trinajstić information content (AvgIpc) is 2.12. The van der Waals surface area contributed by atoms with Crippen molar-refractivity contribution in [2.45, 2.75) is 19.4 Å². The second-order valence-electron chi connectivity index (χ2n) is 3.53. The van der Waals surface area contributed by atoms with Crippen LogP contribution in [0.15, 0.2) is 12.1 Å². The van der Waals surface area contributed by atoms with Crippen LogP contribution in [0.1, 0.15) is 19.4 Å². The van der Waals surface area contributed by atoms with Crippen LogP contribution in [0.4, 0.5) is 13.2 Å². The smallest absolute Gasteiger partial charge is 0.195 e. The fourth-order valence-electron chi connectivity index (χ4n) is 0.843. The van der Waals surface area contributed by atoms with E-state index in [0.29, 0.717) is 0 Å². The fraction of sp³-hybridized carbons (Fsp3) is 0.273. The first-order valence-electron chi connectivity index (χ1n) is 4.20. The SMILES string of the molecule is CC(C)(O)C#Cc1ccc(F)c(F)c1F. The number of aliphatic hydroxyl groups is 1. The zero-order valence-electron chi connectivity index (χ0n) is 8.24. The van der Waals surface area contributed by atoms with Crippen LogP contribution in [0.5, 0.6) is 0 Å². The van der Waals surface area contributed by atoms with Gasteiger partial charge in [0.05, 0.1) is 5.56 Å². The predicted molar refractivity (Wildman–Crippen MR) is 49.5 cm³/mol.